The van der Waals surface area contributed by atoms with Crippen LogP contribution in [0.1, 0.15) is 43.4 Å². The number of halogens is 1. The molecule has 8 heteroatoms. The van der Waals surface area contributed by atoms with Gasteiger partial charge in [-0.05, 0) is 48.2 Å². The van der Waals surface area contributed by atoms with Crippen LogP contribution in [0.2, 0.25) is 0 Å². The van der Waals surface area contributed by atoms with Gasteiger partial charge in [0, 0.05) is 18.2 Å². The van der Waals surface area contributed by atoms with Crippen molar-refractivity contribution in [3.63, 3.8) is 0 Å². The van der Waals surface area contributed by atoms with E-state index in [1.807, 2.05) is 0 Å². The molecule has 2 aromatic rings. The molecular weight excluding hydrogens is 401 g/mol. The van der Waals surface area contributed by atoms with E-state index in [2.05, 4.69) is 10.6 Å². The molecule has 0 aromatic heterocycles. The molecule has 162 valence electrons. The second kappa shape index (κ2) is 8.75. The minimum absolute atomic E-state index is 0.104. The Labute approximate surface area is 179 Å². The zero-order valence-corrected chi connectivity index (χ0v) is 17.1. The van der Waals surface area contributed by atoms with Gasteiger partial charge in [0.2, 0.25) is 11.8 Å². The molecule has 2 aromatic carbocycles. The first kappa shape index (κ1) is 20.8. The van der Waals surface area contributed by atoms with Gasteiger partial charge in [-0.2, -0.15) is 0 Å². The van der Waals surface area contributed by atoms with E-state index in [-0.39, 0.29) is 30.2 Å². The van der Waals surface area contributed by atoms with Crippen molar-refractivity contribution in [3.05, 3.63) is 65.5 Å². The molecule has 2 N–H and O–H groups in total. The van der Waals surface area contributed by atoms with Crippen LogP contribution in [0, 0.1) is 5.82 Å². The van der Waals surface area contributed by atoms with Crippen LogP contribution >= 0.6 is 0 Å². The van der Waals surface area contributed by atoms with E-state index in [9.17, 15) is 18.8 Å². The molecule has 3 amide bonds. The Morgan fingerprint density at radius 3 is 2.39 bits per heavy atom. The lowest BCUT2D eigenvalue weighted by atomic mass is 10.00. The van der Waals surface area contributed by atoms with E-state index in [0.29, 0.717) is 23.2 Å². The maximum atomic E-state index is 13.3. The van der Waals surface area contributed by atoms with Crippen LogP contribution in [0.3, 0.4) is 0 Å². The molecular formula is C23H24FN3O4. The lowest BCUT2D eigenvalue weighted by Gasteiger charge is -2.24. The van der Waals surface area contributed by atoms with Crippen LogP contribution in [0.25, 0.3) is 0 Å². The molecule has 0 radical (unpaired) electrons. The van der Waals surface area contributed by atoms with Gasteiger partial charge in [0.25, 0.3) is 0 Å². The van der Waals surface area contributed by atoms with Crippen molar-refractivity contribution in [2.45, 2.75) is 50.9 Å². The number of ether oxygens (including phenoxy) is 1. The number of nitrogens with one attached hydrogen (secondary N) is 2. The van der Waals surface area contributed by atoms with Crippen LogP contribution in [-0.2, 0) is 20.9 Å². The highest BCUT2D eigenvalue weighted by molar-refractivity contribution is 5.91. The maximum Gasteiger partial charge on any atom is 0.411 e. The monoisotopic (exact) mass is 425 g/mol. The zero-order valence-electron chi connectivity index (χ0n) is 17.1. The summed E-state index contributed by atoms with van der Waals surface area (Å²) in [7, 11) is 0. The molecule has 0 bridgehead atoms. The van der Waals surface area contributed by atoms with E-state index >= 15 is 0 Å². The minimum atomic E-state index is -0.853. The highest BCUT2D eigenvalue weighted by atomic mass is 19.1. The first-order chi connectivity index (χ1) is 14.9. The number of anilines is 1. The zero-order chi connectivity index (χ0) is 22.0. The van der Waals surface area contributed by atoms with Crippen LogP contribution in [0.5, 0.6) is 0 Å². The molecule has 2 unspecified atom stereocenters. The van der Waals surface area contributed by atoms with Crippen molar-refractivity contribution in [2.24, 2.45) is 0 Å². The smallest absolute Gasteiger partial charge is 0.411 e. The number of nitrogens with zero attached hydrogens (tertiary/aromatic N) is 1. The molecule has 1 aliphatic carbocycles. The second-order valence-electron chi connectivity index (χ2n) is 7.81. The Hall–Kier alpha value is -3.42. The average Bonchev–Trinajstić information content (AvgIpc) is 3.52. The lowest BCUT2D eigenvalue weighted by Crippen LogP contribution is -2.46. The molecule has 1 saturated heterocycles. The summed E-state index contributed by atoms with van der Waals surface area (Å²) in [4.78, 5) is 38.7. The van der Waals surface area contributed by atoms with Crippen LogP contribution in [-0.4, -0.2) is 34.9 Å². The number of cyclic esters (lactones) is 1. The summed E-state index contributed by atoms with van der Waals surface area (Å²) in [5, 5.41) is 5.72. The van der Waals surface area contributed by atoms with Crippen molar-refractivity contribution < 1.29 is 23.5 Å². The lowest BCUT2D eigenvalue weighted by molar-refractivity contribution is -0.126. The average molecular weight is 425 g/mol. The van der Waals surface area contributed by atoms with Crippen LogP contribution < -0.4 is 10.6 Å². The van der Waals surface area contributed by atoms with Gasteiger partial charge >= 0.3 is 6.09 Å². The van der Waals surface area contributed by atoms with Crippen LogP contribution in [0.15, 0.2) is 48.5 Å². The highest BCUT2D eigenvalue weighted by Gasteiger charge is 2.47. The molecule has 1 heterocycles. The van der Waals surface area contributed by atoms with Crippen molar-refractivity contribution >= 4 is 23.6 Å². The van der Waals surface area contributed by atoms with Gasteiger partial charge in [-0.1, -0.05) is 31.2 Å². The van der Waals surface area contributed by atoms with Crippen molar-refractivity contribution in [3.8, 4) is 0 Å². The number of rotatable bonds is 7. The minimum Gasteiger partial charge on any atom is -0.438 e. The predicted molar refractivity (Wildman–Crippen MR) is 111 cm³/mol. The maximum absolute atomic E-state index is 13.3. The Balaban J connectivity index is 1.58. The molecule has 1 saturated carbocycles. The third-order valence-corrected chi connectivity index (χ3v) is 5.39. The fraction of sp³-hybridized carbons (Fsp3) is 0.348. The van der Waals surface area contributed by atoms with Gasteiger partial charge in [0.05, 0.1) is 6.54 Å². The molecule has 31 heavy (non-hydrogen) atoms. The molecule has 7 nitrogen and oxygen atoms in total. The third kappa shape index (κ3) is 4.84. The van der Waals surface area contributed by atoms with Gasteiger partial charge < -0.3 is 15.4 Å². The topological polar surface area (TPSA) is 87.7 Å². The normalized spacial score (nSPS) is 20.3. The quantitative estimate of drug-likeness (QED) is 0.711. The molecule has 1 aliphatic heterocycles. The van der Waals surface area contributed by atoms with Crippen LogP contribution in [0.4, 0.5) is 14.9 Å². The van der Waals surface area contributed by atoms with Crippen molar-refractivity contribution in [1.29, 1.82) is 0 Å². The van der Waals surface area contributed by atoms with E-state index in [1.165, 1.54) is 17.0 Å². The first-order valence-corrected chi connectivity index (χ1v) is 10.4. The Morgan fingerprint density at radius 2 is 1.77 bits per heavy atom. The third-order valence-electron chi connectivity index (χ3n) is 5.39. The largest absolute Gasteiger partial charge is 0.438 e. The second-order valence-corrected chi connectivity index (χ2v) is 7.81. The van der Waals surface area contributed by atoms with Gasteiger partial charge in [-0.15, -0.1) is 0 Å². The van der Waals surface area contributed by atoms with E-state index < -0.39 is 18.2 Å². The summed E-state index contributed by atoms with van der Waals surface area (Å²) in [5.41, 5.74) is 1.98. The Morgan fingerprint density at radius 1 is 1.10 bits per heavy atom. The summed E-state index contributed by atoms with van der Waals surface area (Å²) in [6, 6.07) is 12.0. The standard InChI is InChI=1S/C23H24FN3O4/c1-2-19(28)25-17-9-5-15(6-10-17)21-20(22(29)26-18-11-12-18)27(23(30)31-21)13-14-3-7-16(24)8-4-14/h3-10,18,20-21H,2,11-13H2,1H3,(H,25,28)(H,26,29). The number of hydrogen-bond donors (Lipinski definition) is 2. The number of amides is 3. The molecule has 2 atom stereocenters. The summed E-state index contributed by atoms with van der Waals surface area (Å²) in [5.74, 6) is -0.750. The van der Waals surface area contributed by atoms with E-state index in [0.717, 1.165) is 12.8 Å². The first-order valence-electron chi connectivity index (χ1n) is 10.4. The van der Waals surface area contributed by atoms with Crippen molar-refractivity contribution in [1.82, 2.24) is 10.2 Å². The van der Waals surface area contributed by atoms with Gasteiger partial charge in [0.1, 0.15) is 5.82 Å². The summed E-state index contributed by atoms with van der Waals surface area (Å²) in [6.45, 7) is 1.89. The summed E-state index contributed by atoms with van der Waals surface area (Å²) < 4.78 is 18.9. The Kier molecular flexibility index (Phi) is 5.88. The fourth-order valence-corrected chi connectivity index (χ4v) is 3.52. The molecule has 2 fully saturated rings. The SMILES string of the molecule is CCC(=O)Nc1ccc(C2OC(=O)N(Cc3ccc(F)cc3)C2C(=O)NC2CC2)cc1. The summed E-state index contributed by atoms with van der Waals surface area (Å²) in [6.07, 6.45) is 0.809. The number of hydrogen-bond acceptors (Lipinski definition) is 4. The molecule has 2 aliphatic rings. The van der Waals surface area contributed by atoms with E-state index in [1.54, 1.807) is 43.3 Å². The molecule has 4 rings (SSSR count). The number of carbonyl (C=O) groups is 3. The molecule has 0 spiro atoms. The summed E-state index contributed by atoms with van der Waals surface area (Å²) >= 11 is 0. The Bertz CT molecular complexity index is 973. The fourth-order valence-electron chi connectivity index (χ4n) is 3.52. The highest BCUT2D eigenvalue weighted by Crippen LogP contribution is 2.35. The van der Waals surface area contributed by atoms with Gasteiger partial charge in [-0.3, -0.25) is 14.5 Å². The number of carbonyl (C=O) groups excluding carboxylic acids is 3. The van der Waals surface area contributed by atoms with Gasteiger partial charge in [0.15, 0.2) is 12.1 Å². The van der Waals surface area contributed by atoms with E-state index in [4.69, 9.17) is 4.74 Å². The van der Waals surface area contributed by atoms with Crippen molar-refractivity contribution in [2.75, 3.05) is 5.32 Å². The predicted octanol–water partition coefficient (Wildman–Crippen LogP) is 3.51. The number of benzene rings is 2. The van der Waals surface area contributed by atoms with Gasteiger partial charge in [-0.25, -0.2) is 9.18 Å².